The number of aliphatic carboxylic acids is 1. The second-order valence-electron chi connectivity index (χ2n) is 22.7. The number of allylic oxidation sites excluding steroid dienone is 12. The van der Waals surface area contributed by atoms with Gasteiger partial charge in [0.15, 0.2) is 12.4 Å². The van der Waals surface area contributed by atoms with E-state index >= 15 is 0 Å². The average molecular weight is 1080 g/mol. The maximum absolute atomic E-state index is 12.9. The Hall–Kier alpha value is -3.27. The molecule has 0 radical (unpaired) electrons. The highest BCUT2D eigenvalue weighted by Gasteiger charge is 2.22. The van der Waals surface area contributed by atoms with E-state index in [1.807, 2.05) is 21.1 Å². The number of carbonyl (C=O) groups is 3. The second kappa shape index (κ2) is 58.9. The summed E-state index contributed by atoms with van der Waals surface area (Å²) in [5, 5.41) is 11.8. The zero-order chi connectivity index (χ0) is 56.2. The molecule has 0 aliphatic heterocycles. The number of likely N-dealkylation sites (N-methyl/N-ethyl adjacent to an activating group) is 1. The lowest BCUT2D eigenvalue weighted by atomic mass is 10.0. The molecule has 0 spiro atoms. The summed E-state index contributed by atoms with van der Waals surface area (Å²) in [5.74, 6) is -2.28. The maximum Gasteiger partial charge on any atom is 0.306 e. The van der Waals surface area contributed by atoms with Gasteiger partial charge in [-0.25, -0.2) is 0 Å². The van der Waals surface area contributed by atoms with Crippen molar-refractivity contribution >= 4 is 17.9 Å². The SMILES string of the molecule is CC/C=C\C/C=C\C/C=C\C/C=C\CCCCCCCCCCCCC(=O)OC(COC(=O)CCCCCCCCCCCCCCCCCCC/C=C\C/C=C\CCCCCCC)COC(OCC[N+](C)(C)C)C(=O)[O-]. The second-order valence-corrected chi connectivity index (χ2v) is 22.7. The third kappa shape index (κ3) is 60.2. The number of hydrogen-bond acceptors (Lipinski definition) is 8. The summed E-state index contributed by atoms with van der Waals surface area (Å²) < 4.78 is 22.8. The van der Waals surface area contributed by atoms with Crippen molar-refractivity contribution in [2.24, 2.45) is 0 Å². The van der Waals surface area contributed by atoms with Gasteiger partial charge >= 0.3 is 11.9 Å². The zero-order valence-corrected chi connectivity index (χ0v) is 50.8. The molecule has 2 atom stereocenters. The Morgan fingerprint density at radius 2 is 0.740 bits per heavy atom. The van der Waals surface area contributed by atoms with Crippen molar-refractivity contribution < 1.29 is 42.9 Å². The highest BCUT2D eigenvalue weighted by Crippen LogP contribution is 2.17. The van der Waals surface area contributed by atoms with Crippen molar-refractivity contribution in [1.29, 1.82) is 0 Å². The van der Waals surface area contributed by atoms with Gasteiger partial charge in [0.05, 0.1) is 40.3 Å². The molecule has 0 bridgehead atoms. The third-order valence-electron chi connectivity index (χ3n) is 13.9. The lowest BCUT2D eigenvalue weighted by Crippen LogP contribution is -2.44. The quantitative estimate of drug-likeness (QED) is 0.0195. The number of carboxylic acids is 1. The van der Waals surface area contributed by atoms with Gasteiger partial charge in [0.1, 0.15) is 13.2 Å². The fourth-order valence-corrected chi connectivity index (χ4v) is 9.03. The molecule has 9 heteroatoms. The lowest BCUT2D eigenvalue weighted by Gasteiger charge is -2.26. The highest BCUT2D eigenvalue weighted by atomic mass is 16.7. The molecule has 2 unspecified atom stereocenters. The Labute approximate surface area is 475 Å². The number of unbranched alkanes of at least 4 members (excludes halogenated alkanes) is 32. The molecule has 0 saturated carbocycles. The van der Waals surface area contributed by atoms with Crippen LogP contribution in [0.4, 0.5) is 0 Å². The number of carboxylic acid groups (broad SMARTS) is 1. The molecule has 446 valence electrons. The molecule has 9 nitrogen and oxygen atoms in total. The molecule has 0 aromatic rings. The molecule has 77 heavy (non-hydrogen) atoms. The zero-order valence-electron chi connectivity index (χ0n) is 50.8. The van der Waals surface area contributed by atoms with E-state index in [0.717, 1.165) is 77.0 Å². The minimum Gasteiger partial charge on any atom is -0.545 e. The summed E-state index contributed by atoms with van der Waals surface area (Å²) in [4.78, 5) is 37.4. The maximum atomic E-state index is 12.9. The molecule has 0 N–H and O–H groups in total. The molecule has 0 saturated heterocycles. The molecule has 0 amide bonds. The van der Waals surface area contributed by atoms with Gasteiger partial charge in [0.2, 0.25) is 0 Å². The van der Waals surface area contributed by atoms with Crippen LogP contribution in [0.15, 0.2) is 72.9 Å². The smallest absolute Gasteiger partial charge is 0.306 e. The summed E-state index contributed by atoms with van der Waals surface area (Å²) in [6.07, 6.45) is 73.9. The summed E-state index contributed by atoms with van der Waals surface area (Å²) in [7, 11) is 5.93. The number of esters is 2. The summed E-state index contributed by atoms with van der Waals surface area (Å²) >= 11 is 0. The van der Waals surface area contributed by atoms with Crippen LogP contribution in [-0.2, 0) is 33.3 Å². The Balaban J connectivity index is 4.15. The predicted octanol–water partition coefficient (Wildman–Crippen LogP) is 18.0. The van der Waals surface area contributed by atoms with Crippen LogP contribution in [0.1, 0.15) is 284 Å². The molecule has 0 rings (SSSR count). The van der Waals surface area contributed by atoms with Crippen LogP contribution in [0.3, 0.4) is 0 Å². The molecule has 0 aromatic heterocycles. The van der Waals surface area contributed by atoms with Gasteiger partial charge in [-0.1, -0.05) is 260 Å². The Morgan fingerprint density at radius 3 is 1.10 bits per heavy atom. The lowest BCUT2D eigenvalue weighted by molar-refractivity contribution is -0.870. The predicted molar refractivity (Wildman–Crippen MR) is 325 cm³/mol. The normalized spacial score (nSPS) is 13.2. The van der Waals surface area contributed by atoms with Gasteiger partial charge in [-0.15, -0.1) is 0 Å². The minimum atomic E-state index is -1.62. The van der Waals surface area contributed by atoms with Crippen LogP contribution in [0, 0.1) is 0 Å². The Morgan fingerprint density at radius 1 is 0.403 bits per heavy atom. The first kappa shape index (κ1) is 73.7. The van der Waals surface area contributed by atoms with Crippen LogP contribution in [0.5, 0.6) is 0 Å². The fourth-order valence-electron chi connectivity index (χ4n) is 9.03. The molecular formula is C68H121NO8. The van der Waals surface area contributed by atoms with E-state index in [1.165, 1.54) is 173 Å². The molecule has 0 fully saturated rings. The van der Waals surface area contributed by atoms with Crippen molar-refractivity contribution in [3.8, 4) is 0 Å². The fraction of sp³-hybridized carbons (Fsp3) is 0.779. The van der Waals surface area contributed by atoms with Gasteiger partial charge in [0, 0.05) is 12.8 Å². The van der Waals surface area contributed by atoms with Gasteiger partial charge < -0.3 is 33.3 Å². The van der Waals surface area contributed by atoms with Crippen LogP contribution in [0.25, 0.3) is 0 Å². The van der Waals surface area contributed by atoms with E-state index in [0.29, 0.717) is 23.9 Å². The first-order chi connectivity index (χ1) is 37.6. The van der Waals surface area contributed by atoms with Crippen molar-refractivity contribution in [3.05, 3.63) is 72.9 Å². The summed E-state index contributed by atoms with van der Waals surface area (Å²) in [6.45, 7) is 4.65. The van der Waals surface area contributed by atoms with E-state index in [-0.39, 0.29) is 32.2 Å². The minimum absolute atomic E-state index is 0.145. The number of quaternary nitrogens is 1. The van der Waals surface area contributed by atoms with E-state index in [4.69, 9.17) is 18.9 Å². The van der Waals surface area contributed by atoms with Crippen molar-refractivity contribution in [2.75, 3.05) is 47.5 Å². The van der Waals surface area contributed by atoms with E-state index < -0.39 is 24.3 Å². The van der Waals surface area contributed by atoms with Gasteiger partial charge in [-0.2, -0.15) is 0 Å². The van der Waals surface area contributed by atoms with E-state index in [2.05, 4.69) is 86.8 Å². The van der Waals surface area contributed by atoms with Crippen molar-refractivity contribution in [2.45, 2.75) is 296 Å². The number of carbonyl (C=O) groups excluding carboxylic acids is 3. The molecular weight excluding hydrogens is 959 g/mol. The van der Waals surface area contributed by atoms with E-state index in [1.54, 1.807) is 0 Å². The number of ether oxygens (including phenoxy) is 4. The van der Waals surface area contributed by atoms with Crippen LogP contribution in [-0.4, -0.2) is 82.3 Å². The van der Waals surface area contributed by atoms with Crippen LogP contribution < -0.4 is 5.11 Å². The third-order valence-corrected chi connectivity index (χ3v) is 13.9. The first-order valence-electron chi connectivity index (χ1n) is 32.1. The number of hydrogen-bond donors (Lipinski definition) is 0. The number of nitrogens with zero attached hydrogens (tertiary/aromatic N) is 1. The number of rotatable bonds is 59. The monoisotopic (exact) mass is 1080 g/mol. The van der Waals surface area contributed by atoms with Crippen LogP contribution in [0.2, 0.25) is 0 Å². The standard InChI is InChI=1S/C68H121NO8/c1-6-8-10-12-14-16-18-20-22-24-26-28-30-31-32-33-34-35-37-38-40-42-44-46-48-50-52-54-56-58-65(70)75-62-64(63-76-68(67(72)73)74-61-60-69(3,4)5)77-66(71)59-57-55-53-51-49-47-45-43-41-39-36-29-27-25-23-21-19-17-15-13-11-9-7-2/h9,11,15,17-18,20-21,23-24,26-27,29,64,68H,6-8,10,12-14,16,19,22,25,28,30-63H2,1-5H3/b11-9-,17-15-,20-18-,23-21-,26-24-,29-27-. The Kier molecular flexibility index (Phi) is 56.4. The molecule has 0 aromatic carbocycles. The molecule has 0 aliphatic rings. The van der Waals surface area contributed by atoms with Crippen molar-refractivity contribution in [3.63, 3.8) is 0 Å². The topological polar surface area (TPSA) is 111 Å². The Bertz CT molecular complexity index is 1490. The molecule has 0 aliphatic carbocycles. The van der Waals surface area contributed by atoms with Gasteiger partial charge in [0.25, 0.3) is 0 Å². The van der Waals surface area contributed by atoms with Gasteiger partial charge in [-0.05, 0) is 83.5 Å². The van der Waals surface area contributed by atoms with Gasteiger partial charge in [-0.3, -0.25) is 9.59 Å². The molecule has 0 heterocycles. The van der Waals surface area contributed by atoms with Crippen LogP contribution >= 0.6 is 0 Å². The summed E-state index contributed by atoms with van der Waals surface area (Å²) in [5.41, 5.74) is 0. The van der Waals surface area contributed by atoms with Crippen molar-refractivity contribution in [1.82, 2.24) is 0 Å². The largest absolute Gasteiger partial charge is 0.545 e. The van der Waals surface area contributed by atoms with E-state index in [9.17, 15) is 19.5 Å². The average Bonchev–Trinajstić information content (AvgIpc) is 3.40. The first-order valence-corrected chi connectivity index (χ1v) is 32.1. The summed E-state index contributed by atoms with van der Waals surface area (Å²) in [6, 6.07) is 0. The highest BCUT2D eigenvalue weighted by molar-refractivity contribution is 5.70.